The predicted molar refractivity (Wildman–Crippen MR) is 56.8 cm³/mol. The molecule has 0 aliphatic heterocycles. The van der Waals surface area contributed by atoms with Crippen molar-refractivity contribution in [3.63, 3.8) is 0 Å². The van der Waals surface area contributed by atoms with Gasteiger partial charge in [-0.2, -0.15) is 0 Å². The minimum absolute atomic E-state index is 0.111. The number of rotatable bonds is 3. The van der Waals surface area contributed by atoms with Gasteiger partial charge in [-0.3, -0.25) is 4.79 Å². The number of nitrogens with one attached hydrogen (secondary N) is 1. The van der Waals surface area contributed by atoms with Crippen LogP contribution >= 0.6 is 27.5 Å². The van der Waals surface area contributed by atoms with Crippen LogP contribution in [0.25, 0.3) is 0 Å². The van der Waals surface area contributed by atoms with E-state index in [0.29, 0.717) is 5.02 Å². The molecule has 0 atom stereocenters. The lowest BCUT2D eigenvalue weighted by Gasteiger charge is -2.06. The van der Waals surface area contributed by atoms with E-state index in [1.54, 1.807) is 18.2 Å². The average molecular weight is 264 g/mol. The van der Waals surface area contributed by atoms with Crippen molar-refractivity contribution in [1.82, 2.24) is 0 Å². The SMILES string of the molecule is NC(=O)CNc1ccc(Cl)cc1Br. The van der Waals surface area contributed by atoms with Gasteiger partial charge in [0.2, 0.25) is 5.91 Å². The molecule has 13 heavy (non-hydrogen) atoms. The molecule has 0 bridgehead atoms. The van der Waals surface area contributed by atoms with Gasteiger partial charge in [-0.05, 0) is 34.1 Å². The maximum Gasteiger partial charge on any atom is 0.236 e. The molecule has 1 amide bonds. The van der Waals surface area contributed by atoms with Crippen LogP contribution in [0.5, 0.6) is 0 Å². The van der Waals surface area contributed by atoms with Gasteiger partial charge in [-0.1, -0.05) is 11.6 Å². The first-order valence-corrected chi connectivity index (χ1v) is 4.74. The zero-order valence-corrected chi connectivity index (χ0v) is 9.02. The maximum absolute atomic E-state index is 10.5. The van der Waals surface area contributed by atoms with Gasteiger partial charge in [0, 0.05) is 15.2 Å². The third-order valence-electron chi connectivity index (χ3n) is 1.38. The van der Waals surface area contributed by atoms with E-state index in [-0.39, 0.29) is 6.54 Å². The lowest BCUT2D eigenvalue weighted by atomic mass is 10.3. The first-order valence-electron chi connectivity index (χ1n) is 3.57. The van der Waals surface area contributed by atoms with Gasteiger partial charge in [-0.15, -0.1) is 0 Å². The fraction of sp³-hybridized carbons (Fsp3) is 0.125. The first-order chi connectivity index (χ1) is 6.09. The summed E-state index contributed by atoms with van der Waals surface area (Å²) in [6, 6.07) is 5.25. The van der Waals surface area contributed by atoms with Crippen molar-refractivity contribution in [3.8, 4) is 0 Å². The molecule has 0 saturated heterocycles. The topological polar surface area (TPSA) is 55.1 Å². The highest BCUT2D eigenvalue weighted by atomic mass is 79.9. The number of hydrogen-bond donors (Lipinski definition) is 2. The molecule has 1 aromatic rings. The van der Waals surface area contributed by atoms with Crippen molar-refractivity contribution in [2.75, 3.05) is 11.9 Å². The highest BCUT2D eigenvalue weighted by Crippen LogP contribution is 2.25. The minimum Gasteiger partial charge on any atom is -0.375 e. The number of hydrogen-bond acceptors (Lipinski definition) is 2. The Hall–Kier alpha value is -0.740. The van der Waals surface area contributed by atoms with Crippen LogP contribution < -0.4 is 11.1 Å². The molecule has 70 valence electrons. The molecular formula is C8H8BrClN2O. The summed E-state index contributed by atoms with van der Waals surface area (Å²) in [5.41, 5.74) is 5.77. The van der Waals surface area contributed by atoms with Crippen LogP contribution in [-0.2, 0) is 4.79 Å². The van der Waals surface area contributed by atoms with E-state index in [0.717, 1.165) is 10.2 Å². The lowest BCUT2D eigenvalue weighted by molar-refractivity contribution is -0.116. The van der Waals surface area contributed by atoms with E-state index >= 15 is 0 Å². The maximum atomic E-state index is 10.5. The summed E-state index contributed by atoms with van der Waals surface area (Å²) in [4.78, 5) is 10.5. The van der Waals surface area contributed by atoms with Crippen LogP contribution in [0.3, 0.4) is 0 Å². The number of anilines is 1. The van der Waals surface area contributed by atoms with Crippen LogP contribution in [0.4, 0.5) is 5.69 Å². The summed E-state index contributed by atoms with van der Waals surface area (Å²) >= 11 is 9.03. The molecule has 0 radical (unpaired) electrons. The monoisotopic (exact) mass is 262 g/mol. The second kappa shape index (κ2) is 4.48. The molecule has 0 heterocycles. The fourth-order valence-corrected chi connectivity index (χ4v) is 1.64. The molecule has 3 N–H and O–H groups in total. The minimum atomic E-state index is -0.401. The molecule has 0 saturated carbocycles. The Labute approximate surface area is 89.4 Å². The van der Waals surface area contributed by atoms with Gasteiger partial charge in [0.25, 0.3) is 0 Å². The van der Waals surface area contributed by atoms with Crippen molar-refractivity contribution < 1.29 is 4.79 Å². The van der Waals surface area contributed by atoms with Crippen molar-refractivity contribution in [2.24, 2.45) is 5.73 Å². The molecule has 1 aromatic carbocycles. The Morgan fingerprint density at radius 1 is 1.62 bits per heavy atom. The van der Waals surface area contributed by atoms with E-state index in [4.69, 9.17) is 17.3 Å². The standard InChI is InChI=1S/C8H8BrClN2O/c9-6-3-5(10)1-2-7(6)12-4-8(11)13/h1-3,12H,4H2,(H2,11,13). The Morgan fingerprint density at radius 2 is 2.31 bits per heavy atom. The summed E-state index contributed by atoms with van der Waals surface area (Å²) in [6.45, 7) is 0.111. The predicted octanol–water partition coefficient (Wildman–Crippen LogP) is 2.00. The molecular weight excluding hydrogens is 255 g/mol. The number of carbonyl (C=O) groups is 1. The molecule has 0 fully saturated rings. The molecule has 3 nitrogen and oxygen atoms in total. The normalized spacial score (nSPS) is 9.69. The number of nitrogens with two attached hydrogens (primary N) is 1. The van der Waals surface area contributed by atoms with Crippen molar-refractivity contribution >= 4 is 39.1 Å². The van der Waals surface area contributed by atoms with Gasteiger partial charge in [0.15, 0.2) is 0 Å². The molecule has 0 unspecified atom stereocenters. The summed E-state index contributed by atoms with van der Waals surface area (Å²) < 4.78 is 0.807. The quantitative estimate of drug-likeness (QED) is 0.876. The largest absolute Gasteiger partial charge is 0.375 e. The zero-order chi connectivity index (χ0) is 9.84. The molecule has 5 heteroatoms. The Balaban J connectivity index is 2.72. The van der Waals surface area contributed by atoms with Crippen molar-refractivity contribution in [2.45, 2.75) is 0 Å². The average Bonchev–Trinajstić information content (AvgIpc) is 2.02. The summed E-state index contributed by atoms with van der Waals surface area (Å²) in [5.74, 6) is -0.401. The Morgan fingerprint density at radius 3 is 2.85 bits per heavy atom. The molecule has 0 aliphatic rings. The van der Waals surface area contributed by atoms with Gasteiger partial charge in [0.1, 0.15) is 0 Å². The summed E-state index contributed by atoms with van der Waals surface area (Å²) in [5, 5.41) is 3.50. The van der Waals surface area contributed by atoms with E-state index in [1.807, 2.05) is 0 Å². The molecule has 0 aromatic heterocycles. The Kier molecular flexibility index (Phi) is 3.57. The van der Waals surface area contributed by atoms with Crippen molar-refractivity contribution in [3.05, 3.63) is 27.7 Å². The van der Waals surface area contributed by atoms with Crippen LogP contribution in [-0.4, -0.2) is 12.5 Å². The third kappa shape index (κ3) is 3.24. The smallest absolute Gasteiger partial charge is 0.236 e. The second-order valence-corrected chi connectivity index (χ2v) is 3.73. The fourth-order valence-electron chi connectivity index (χ4n) is 0.815. The molecule has 0 spiro atoms. The van der Waals surface area contributed by atoms with Gasteiger partial charge in [-0.25, -0.2) is 0 Å². The number of carbonyl (C=O) groups excluding carboxylic acids is 1. The second-order valence-electron chi connectivity index (χ2n) is 2.44. The molecule has 1 rings (SSSR count). The summed E-state index contributed by atoms with van der Waals surface area (Å²) in [6.07, 6.45) is 0. The number of amides is 1. The van der Waals surface area contributed by atoms with Crippen LogP contribution in [0.1, 0.15) is 0 Å². The summed E-state index contributed by atoms with van der Waals surface area (Å²) in [7, 11) is 0. The zero-order valence-electron chi connectivity index (χ0n) is 6.68. The van der Waals surface area contributed by atoms with Gasteiger partial charge in [0.05, 0.1) is 6.54 Å². The van der Waals surface area contributed by atoms with Gasteiger partial charge >= 0.3 is 0 Å². The highest BCUT2D eigenvalue weighted by molar-refractivity contribution is 9.10. The van der Waals surface area contributed by atoms with Gasteiger partial charge < -0.3 is 11.1 Å². The van der Waals surface area contributed by atoms with Crippen LogP contribution in [0, 0.1) is 0 Å². The van der Waals surface area contributed by atoms with Crippen LogP contribution in [0.2, 0.25) is 5.02 Å². The number of halogens is 2. The highest BCUT2D eigenvalue weighted by Gasteiger charge is 2.00. The van der Waals surface area contributed by atoms with E-state index in [9.17, 15) is 4.79 Å². The lowest BCUT2D eigenvalue weighted by Crippen LogP contribution is -2.21. The third-order valence-corrected chi connectivity index (χ3v) is 2.28. The van der Waals surface area contributed by atoms with Crippen LogP contribution in [0.15, 0.2) is 22.7 Å². The molecule has 0 aliphatic carbocycles. The van der Waals surface area contributed by atoms with E-state index in [1.165, 1.54) is 0 Å². The first kappa shape index (κ1) is 10.3. The van der Waals surface area contributed by atoms with E-state index < -0.39 is 5.91 Å². The van der Waals surface area contributed by atoms with E-state index in [2.05, 4.69) is 21.2 Å². The van der Waals surface area contributed by atoms with Crippen molar-refractivity contribution in [1.29, 1.82) is 0 Å². The number of benzene rings is 1. The number of primary amides is 1. The Bertz CT molecular complexity index is 330.